The van der Waals surface area contributed by atoms with Gasteiger partial charge in [0.2, 0.25) is 0 Å². The lowest BCUT2D eigenvalue weighted by Crippen LogP contribution is -1.86. The van der Waals surface area contributed by atoms with Gasteiger partial charge in [0.25, 0.3) is 6.43 Å². The van der Waals surface area contributed by atoms with Crippen LogP contribution in [0.1, 0.15) is 12.0 Å². The summed E-state index contributed by atoms with van der Waals surface area (Å²) in [6.45, 7) is 0. The summed E-state index contributed by atoms with van der Waals surface area (Å²) < 4.78 is 24.9. The summed E-state index contributed by atoms with van der Waals surface area (Å²) in [5, 5.41) is 1.41. The molecular weight excluding hydrogens is 170 g/mol. The van der Waals surface area contributed by atoms with Crippen molar-refractivity contribution >= 4 is 10.8 Å². The smallest absolute Gasteiger partial charge is 0.205 e. The summed E-state index contributed by atoms with van der Waals surface area (Å²) >= 11 is 0. The average molecular weight is 177 g/mol. The first-order valence-corrected chi connectivity index (χ1v) is 3.96. The van der Waals surface area contributed by atoms with E-state index >= 15 is 0 Å². The number of hydrogen-bond acceptors (Lipinski definition) is 0. The van der Waals surface area contributed by atoms with Crippen LogP contribution in [0, 0.1) is 6.07 Å². The van der Waals surface area contributed by atoms with Crippen molar-refractivity contribution in [2.75, 3.05) is 0 Å². The van der Waals surface area contributed by atoms with Gasteiger partial charge >= 0.3 is 0 Å². The molecule has 0 N–H and O–H groups in total. The van der Waals surface area contributed by atoms with E-state index in [9.17, 15) is 8.78 Å². The monoisotopic (exact) mass is 177 g/mol. The largest absolute Gasteiger partial charge is 0.265 e. The molecule has 65 valence electrons. The molecule has 0 spiro atoms. The highest BCUT2D eigenvalue weighted by molar-refractivity contribution is 5.85. The first kappa shape index (κ1) is 8.17. The van der Waals surface area contributed by atoms with Crippen LogP contribution < -0.4 is 0 Å². The van der Waals surface area contributed by atoms with Crippen LogP contribution in [0.2, 0.25) is 0 Å². The molecule has 13 heavy (non-hydrogen) atoms. The minimum Gasteiger partial charge on any atom is -0.205 e. The van der Waals surface area contributed by atoms with Crippen molar-refractivity contribution in [1.82, 2.24) is 0 Å². The molecular formula is C11H7F2. The number of hydrogen-bond donors (Lipinski definition) is 0. The molecule has 0 atom stereocenters. The van der Waals surface area contributed by atoms with E-state index in [1.165, 1.54) is 6.07 Å². The Balaban J connectivity index is 2.76. The van der Waals surface area contributed by atoms with E-state index in [2.05, 4.69) is 6.07 Å². The van der Waals surface area contributed by atoms with Crippen molar-refractivity contribution in [2.45, 2.75) is 6.43 Å². The summed E-state index contributed by atoms with van der Waals surface area (Å²) in [6, 6.07) is 13.0. The van der Waals surface area contributed by atoms with Gasteiger partial charge in [0.15, 0.2) is 0 Å². The second-order valence-electron chi connectivity index (χ2n) is 2.78. The zero-order chi connectivity index (χ0) is 9.26. The normalized spacial score (nSPS) is 11.0. The third-order valence-corrected chi connectivity index (χ3v) is 1.97. The van der Waals surface area contributed by atoms with Crippen LogP contribution in [-0.4, -0.2) is 0 Å². The Bertz CT molecular complexity index is 416. The van der Waals surface area contributed by atoms with Crippen LogP contribution in [0.3, 0.4) is 0 Å². The molecule has 0 aliphatic heterocycles. The van der Waals surface area contributed by atoms with Crippen LogP contribution in [-0.2, 0) is 0 Å². The maximum Gasteiger partial charge on any atom is 0.265 e. The highest BCUT2D eigenvalue weighted by Crippen LogP contribution is 2.26. The van der Waals surface area contributed by atoms with E-state index in [0.29, 0.717) is 5.39 Å². The van der Waals surface area contributed by atoms with Gasteiger partial charge in [-0.3, -0.25) is 0 Å². The van der Waals surface area contributed by atoms with Crippen molar-refractivity contribution in [3.63, 3.8) is 0 Å². The van der Waals surface area contributed by atoms with Gasteiger partial charge in [-0.1, -0.05) is 36.4 Å². The summed E-state index contributed by atoms with van der Waals surface area (Å²) in [7, 11) is 0. The first-order chi connectivity index (χ1) is 6.29. The Labute approximate surface area is 74.8 Å². The van der Waals surface area contributed by atoms with Gasteiger partial charge in [-0.05, 0) is 16.8 Å². The molecule has 0 saturated carbocycles. The Morgan fingerprint density at radius 3 is 2.62 bits per heavy atom. The van der Waals surface area contributed by atoms with E-state index in [1.54, 1.807) is 18.2 Å². The zero-order valence-corrected chi connectivity index (χ0v) is 6.80. The van der Waals surface area contributed by atoms with Gasteiger partial charge in [-0.2, -0.15) is 0 Å². The number of rotatable bonds is 1. The Morgan fingerprint density at radius 1 is 1.08 bits per heavy atom. The SMILES string of the molecule is FC(F)c1[c]ccc2ccccc12. The third kappa shape index (κ3) is 1.39. The van der Waals surface area contributed by atoms with E-state index < -0.39 is 6.43 Å². The van der Waals surface area contributed by atoms with Crippen LogP contribution in [0.15, 0.2) is 36.4 Å². The fourth-order valence-corrected chi connectivity index (χ4v) is 1.37. The topological polar surface area (TPSA) is 0 Å². The van der Waals surface area contributed by atoms with Crippen molar-refractivity contribution in [3.8, 4) is 0 Å². The molecule has 0 fully saturated rings. The Morgan fingerprint density at radius 2 is 1.85 bits per heavy atom. The van der Waals surface area contributed by atoms with Gasteiger partial charge in [-0.25, -0.2) is 8.78 Å². The molecule has 0 unspecified atom stereocenters. The lowest BCUT2D eigenvalue weighted by molar-refractivity contribution is 0.153. The summed E-state index contributed by atoms with van der Waals surface area (Å²) in [6.07, 6.45) is -2.45. The standard InChI is InChI=1S/C11H7F2/c12-11(13)10-7-3-5-8-4-1-2-6-9(8)10/h1-6,11H. The molecule has 0 aromatic heterocycles. The summed E-state index contributed by atoms with van der Waals surface area (Å²) in [5.74, 6) is 0. The van der Waals surface area contributed by atoms with E-state index in [1.807, 2.05) is 12.1 Å². The van der Waals surface area contributed by atoms with Gasteiger partial charge in [0.1, 0.15) is 0 Å². The molecule has 2 aromatic carbocycles. The zero-order valence-electron chi connectivity index (χ0n) is 6.80. The lowest BCUT2D eigenvalue weighted by Gasteiger charge is -2.03. The van der Waals surface area contributed by atoms with E-state index in [4.69, 9.17) is 0 Å². The van der Waals surface area contributed by atoms with Crippen LogP contribution in [0.4, 0.5) is 8.78 Å². The molecule has 0 heterocycles. The predicted molar refractivity (Wildman–Crippen MR) is 47.7 cm³/mol. The van der Waals surface area contributed by atoms with E-state index in [0.717, 1.165) is 5.39 Å². The van der Waals surface area contributed by atoms with Crippen molar-refractivity contribution in [1.29, 1.82) is 0 Å². The maximum absolute atomic E-state index is 12.5. The average Bonchev–Trinajstić information content (AvgIpc) is 2.17. The van der Waals surface area contributed by atoms with Crippen LogP contribution in [0.25, 0.3) is 10.8 Å². The fraction of sp³-hybridized carbons (Fsp3) is 0.0909. The number of alkyl halides is 2. The number of benzene rings is 2. The van der Waals surface area contributed by atoms with Gasteiger partial charge in [0, 0.05) is 5.56 Å². The second kappa shape index (κ2) is 3.13. The molecule has 2 rings (SSSR count). The molecule has 0 amide bonds. The highest BCUT2D eigenvalue weighted by Gasteiger charge is 2.10. The molecule has 0 bridgehead atoms. The molecule has 0 aliphatic carbocycles. The van der Waals surface area contributed by atoms with E-state index in [-0.39, 0.29) is 5.56 Å². The minimum atomic E-state index is -2.45. The number of fused-ring (bicyclic) bond motifs is 1. The van der Waals surface area contributed by atoms with Gasteiger partial charge in [0.05, 0.1) is 0 Å². The molecule has 0 nitrogen and oxygen atoms in total. The molecule has 2 heteroatoms. The molecule has 0 saturated heterocycles. The first-order valence-electron chi connectivity index (χ1n) is 3.96. The second-order valence-corrected chi connectivity index (χ2v) is 2.78. The number of halogens is 2. The maximum atomic E-state index is 12.5. The van der Waals surface area contributed by atoms with Crippen LogP contribution >= 0.6 is 0 Å². The van der Waals surface area contributed by atoms with Crippen LogP contribution in [0.5, 0.6) is 0 Å². The van der Waals surface area contributed by atoms with Crippen molar-refractivity contribution < 1.29 is 8.78 Å². The summed E-state index contributed by atoms with van der Waals surface area (Å²) in [5.41, 5.74) is -0.0156. The summed E-state index contributed by atoms with van der Waals surface area (Å²) in [4.78, 5) is 0. The fourth-order valence-electron chi connectivity index (χ4n) is 1.37. The predicted octanol–water partition coefficient (Wildman–Crippen LogP) is 3.58. The Hall–Kier alpha value is -1.44. The third-order valence-electron chi connectivity index (χ3n) is 1.97. The van der Waals surface area contributed by atoms with Gasteiger partial charge in [-0.15, -0.1) is 0 Å². The van der Waals surface area contributed by atoms with Crippen molar-refractivity contribution in [3.05, 3.63) is 48.0 Å². The molecule has 1 radical (unpaired) electrons. The molecule has 0 aliphatic rings. The van der Waals surface area contributed by atoms with Gasteiger partial charge < -0.3 is 0 Å². The quantitative estimate of drug-likeness (QED) is 0.624. The Kier molecular flexibility index (Phi) is 1.97. The lowest BCUT2D eigenvalue weighted by atomic mass is 10.1. The highest BCUT2D eigenvalue weighted by atomic mass is 19.3. The minimum absolute atomic E-state index is 0.0156. The van der Waals surface area contributed by atoms with Crippen molar-refractivity contribution in [2.24, 2.45) is 0 Å². The molecule has 2 aromatic rings.